The Labute approximate surface area is 200 Å². The van der Waals surface area contributed by atoms with Gasteiger partial charge in [-0.1, -0.05) is 43.3 Å². The number of nitrogens with zero attached hydrogens (tertiary/aromatic N) is 5. The highest BCUT2D eigenvalue weighted by molar-refractivity contribution is 7.13. The number of rotatable bonds is 9. The highest BCUT2D eigenvalue weighted by Gasteiger charge is 2.30. The summed E-state index contributed by atoms with van der Waals surface area (Å²) in [5, 5.41) is 17.1. The third-order valence-electron chi connectivity index (χ3n) is 5.16. The second-order valence-corrected chi connectivity index (χ2v) is 8.44. The first kappa shape index (κ1) is 23.2. The Morgan fingerprint density at radius 1 is 1.09 bits per heavy atom. The van der Waals surface area contributed by atoms with Crippen LogP contribution in [0.15, 0.2) is 72.1 Å². The molecule has 1 unspecified atom stereocenters. The van der Waals surface area contributed by atoms with E-state index in [1.54, 1.807) is 36.4 Å². The molecule has 0 aliphatic rings. The van der Waals surface area contributed by atoms with Crippen molar-refractivity contribution in [3.63, 3.8) is 0 Å². The number of hydrogen-bond acceptors (Lipinski definition) is 6. The Hall–Kier alpha value is -3.92. The molecule has 0 spiro atoms. The number of thiophene rings is 1. The van der Waals surface area contributed by atoms with Gasteiger partial charge >= 0.3 is 0 Å². The maximum atomic E-state index is 13.4. The van der Waals surface area contributed by atoms with Crippen molar-refractivity contribution in [2.45, 2.75) is 32.5 Å². The van der Waals surface area contributed by atoms with Gasteiger partial charge in [-0.25, -0.2) is 4.39 Å². The number of carbonyl (C=O) groups is 2. The van der Waals surface area contributed by atoms with E-state index >= 15 is 0 Å². The first-order chi connectivity index (χ1) is 16.5. The molecule has 4 rings (SSSR count). The molecule has 0 aliphatic heterocycles. The van der Waals surface area contributed by atoms with Crippen molar-refractivity contribution in [2.75, 3.05) is 4.90 Å². The van der Waals surface area contributed by atoms with E-state index in [9.17, 15) is 14.0 Å². The fourth-order valence-electron chi connectivity index (χ4n) is 3.49. The lowest BCUT2D eigenvalue weighted by atomic mass is 10.1. The number of amides is 2. The van der Waals surface area contributed by atoms with Gasteiger partial charge in [-0.15, -0.1) is 21.5 Å². The van der Waals surface area contributed by atoms with E-state index in [1.165, 1.54) is 33.2 Å². The van der Waals surface area contributed by atoms with E-state index in [4.69, 9.17) is 0 Å². The van der Waals surface area contributed by atoms with Crippen LogP contribution in [0.25, 0.3) is 10.7 Å². The largest absolute Gasteiger partial charge is 0.350 e. The summed E-state index contributed by atoms with van der Waals surface area (Å²) < 4.78 is 13.2. The van der Waals surface area contributed by atoms with Crippen LogP contribution in [0.1, 0.15) is 18.9 Å². The summed E-state index contributed by atoms with van der Waals surface area (Å²) in [6, 6.07) is 17.9. The standard InChI is InChI=1S/C24H23FN6O2S/c1-2-20(24(33)26-15-17-10-12-18(25)13-11-17)31(19-7-4-3-5-8-19)22(32)16-30-28-23(27-29-30)21-9-6-14-34-21/h3-14,20H,2,15-16H2,1H3,(H,26,33). The molecule has 0 aliphatic carbocycles. The van der Waals surface area contributed by atoms with Crippen LogP contribution in [0, 0.1) is 5.82 Å². The number of tetrazole rings is 1. The lowest BCUT2D eigenvalue weighted by Gasteiger charge is -2.30. The summed E-state index contributed by atoms with van der Waals surface area (Å²) in [7, 11) is 0. The van der Waals surface area contributed by atoms with Crippen molar-refractivity contribution in [1.82, 2.24) is 25.5 Å². The molecular weight excluding hydrogens is 455 g/mol. The molecule has 2 aromatic carbocycles. The van der Waals surface area contributed by atoms with Crippen molar-refractivity contribution in [1.29, 1.82) is 0 Å². The molecule has 0 saturated carbocycles. The van der Waals surface area contributed by atoms with Crippen molar-refractivity contribution >= 4 is 28.8 Å². The van der Waals surface area contributed by atoms with Gasteiger partial charge in [-0.3, -0.25) is 14.5 Å². The average molecular weight is 479 g/mol. The molecule has 0 bridgehead atoms. The predicted octanol–water partition coefficient (Wildman–Crippen LogP) is 3.67. The molecule has 1 atom stereocenters. The zero-order valence-electron chi connectivity index (χ0n) is 18.5. The van der Waals surface area contributed by atoms with E-state index in [-0.39, 0.29) is 30.7 Å². The third kappa shape index (κ3) is 5.52. The van der Waals surface area contributed by atoms with Crippen LogP contribution in [0.3, 0.4) is 0 Å². The Morgan fingerprint density at radius 2 is 1.85 bits per heavy atom. The second kappa shape index (κ2) is 10.8. The SMILES string of the molecule is CCC(C(=O)NCc1ccc(F)cc1)N(C(=O)Cn1nnc(-c2cccs2)n1)c1ccccc1. The van der Waals surface area contributed by atoms with Crippen LogP contribution >= 0.6 is 11.3 Å². The van der Waals surface area contributed by atoms with Crippen LogP contribution in [0.4, 0.5) is 10.1 Å². The van der Waals surface area contributed by atoms with Crippen LogP contribution in [-0.4, -0.2) is 38.1 Å². The van der Waals surface area contributed by atoms with Crippen LogP contribution in [0.5, 0.6) is 0 Å². The number of hydrogen-bond donors (Lipinski definition) is 1. The Morgan fingerprint density at radius 3 is 2.53 bits per heavy atom. The van der Waals surface area contributed by atoms with Gasteiger partial charge in [0.05, 0.1) is 4.88 Å². The number of nitrogens with one attached hydrogen (secondary N) is 1. The number of halogens is 1. The lowest BCUT2D eigenvalue weighted by Crippen LogP contribution is -2.50. The van der Waals surface area contributed by atoms with Gasteiger partial charge in [-0.2, -0.15) is 4.80 Å². The Bertz CT molecular complexity index is 1230. The van der Waals surface area contributed by atoms with Crippen molar-refractivity contribution in [3.05, 3.63) is 83.5 Å². The fourth-order valence-corrected chi connectivity index (χ4v) is 4.14. The average Bonchev–Trinajstić information content (AvgIpc) is 3.54. The maximum Gasteiger partial charge on any atom is 0.251 e. The topological polar surface area (TPSA) is 93.0 Å². The lowest BCUT2D eigenvalue weighted by molar-refractivity contribution is -0.127. The second-order valence-electron chi connectivity index (χ2n) is 7.49. The van der Waals surface area contributed by atoms with Crippen LogP contribution < -0.4 is 10.2 Å². The van der Waals surface area contributed by atoms with Gasteiger partial charge in [0.2, 0.25) is 11.7 Å². The number of para-hydroxylation sites is 1. The minimum absolute atomic E-state index is 0.172. The van der Waals surface area contributed by atoms with Gasteiger partial charge in [0, 0.05) is 12.2 Å². The van der Waals surface area contributed by atoms with E-state index in [1.807, 2.05) is 30.5 Å². The van der Waals surface area contributed by atoms with Gasteiger partial charge < -0.3 is 5.32 Å². The van der Waals surface area contributed by atoms with Gasteiger partial charge in [0.1, 0.15) is 18.4 Å². The monoisotopic (exact) mass is 478 g/mol. The van der Waals surface area contributed by atoms with E-state index in [2.05, 4.69) is 20.7 Å². The highest BCUT2D eigenvalue weighted by Crippen LogP contribution is 2.21. The number of anilines is 1. The summed E-state index contributed by atoms with van der Waals surface area (Å²) >= 11 is 1.48. The summed E-state index contributed by atoms with van der Waals surface area (Å²) in [6.45, 7) is 1.89. The smallest absolute Gasteiger partial charge is 0.251 e. The van der Waals surface area contributed by atoms with E-state index in [0.717, 1.165) is 10.4 Å². The Kier molecular flexibility index (Phi) is 7.38. The molecule has 10 heteroatoms. The zero-order valence-corrected chi connectivity index (χ0v) is 19.3. The van der Waals surface area contributed by atoms with Gasteiger partial charge in [-0.05, 0) is 52.9 Å². The minimum atomic E-state index is -0.754. The fraction of sp³-hybridized carbons (Fsp3) is 0.208. The summed E-state index contributed by atoms with van der Waals surface area (Å²) in [4.78, 5) is 30.1. The third-order valence-corrected chi connectivity index (χ3v) is 6.02. The summed E-state index contributed by atoms with van der Waals surface area (Å²) in [5.41, 5.74) is 1.35. The molecule has 4 aromatic rings. The van der Waals surface area contributed by atoms with Gasteiger partial charge in [0.15, 0.2) is 0 Å². The van der Waals surface area contributed by atoms with Crippen molar-refractivity contribution in [3.8, 4) is 10.7 Å². The van der Waals surface area contributed by atoms with E-state index < -0.39 is 6.04 Å². The Balaban J connectivity index is 1.52. The summed E-state index contributed by atoms with van der Waals surface area (Å²) in [5.74, 6) is -0.551. The highest BCUT2D eigenvalue weighted by atomic mass is 32.1. The van der Waals surface area contributed by atoms with Crippen LogP contribution in [0.2, 0.25) is 0 Å². The van der Waals surface area contributed by atoms with Crippen molar-refractivity contribution < 1.29 is 14.0 Å². The zero-order chi connectivity index (χ0) is 23.9. The maximum absolute atomic E-state index is 13.4. The molecule has 2 aromatic heterocycles. The molecule has 34 heavy (non-hydrogen) atoms. The molecule has 0 saturated heterocycles. The summed E-state index contributed by atoms with van der Waals surface area (Å²) in [6.07, 6.45) is 0.390. The number of aromatic nitrogens is 4. The molecule has 8 nitrogen and oxygen atoms in total. The van der Waals surface area contributed by atoms with E-state index in [0.29, 0.717) is 17.9 Å². The van der Waals surface area contributed by atoms with Crippen LogP contribution in [-0.2, 0) is 22.7 Å². The molecule has 0 fully saturated rings. The van der Waals surface area contributed by atoms with Gasteiger partial charge in [0.25, 0.3) is 5.91 Å². The molecule has 2 heterocycles. The molecule has 174 valence electrons. The molecule has 1 N–H and O–H groups in total. The number of benzene rings is 2. The quantitative estimate of drug-likeness (QED) is 0.396. The normalized spacial score (nSPS) is 11.7. The molecule has 2 amide bonds. The number of carbonyl (C=O) groups excluding carboxylic acids is 2. The first-order valence-electron chi connectivity index (χ1n) is 10.8. The van der Waals surface area contributed by atoms with Crippen molar-refractivity contribution in [2.24, 2.45) is 0 Å². The molecule has 0 radical (unpaired) electrons. The first-order valence-corrected chi connectivity index (χ1v) is 11.6. The predicted molar refractivity (Wildman–Crippen MR) is 127 cm³/mol. The molecular formula is C24H23FN6O2S. The minimum Gasteiger partial charge on any atom is -0.350 e.